The predicted molar refractivity (Wildman–Crippen MR) is 65.0 cm³/mol. The van der Waals surface area contributed by atoms with Gasteiger partial charge < -0.3 is 11.1 Å². The van der Waals surface area contributed by atoms with Crippen LogP contribution < -0.4 is 16.7 Å². The Bertz CT molecular complexity index is 582. The summed E-state index contributed by atoms with van der Waals surface area (Å²) in [5.41, 5.74) is 5.68. The molecule has 0 aliphatic rings. The highest BCUT2D eigenvalue weighted by molar-refractivity contribution is 5.44. The Morgan fingerprint density at radius 1 is 1.53 bits per heavy atom. The van der Waals surface area contributed by atoms with Gasteiger partial charge in [0.15, 0.2) is 5.65 Å². The normalized spacial score (nSPS) is 13.9. The minimum absolute atomic E-state index is 0.0546. The number of anilines is 1. The summed E-state index contributed by atoms with van der Waals surface area (Å²) in [5, 5.41) is 13.5. The van der Waals surface area contributed by atoms with Crippen LogP contribution in [0.2, 0.25) is 0 Å². The van der Waals surface area contributed by atoms with Crippen LogP contribution in [0.1, 0.15) is 20.8 Å². The molecule has 0 saturated heterocycles. The molecule has 2 aromatic rings. The van der Waals surface area contributed by atoms with Crippen LogP contribution in [0, 0.1) is 0 Å². The molecular formula is C10H16N6O. The van der Waals surface area contributed by atoms with Gasteiger partial charge in [-0.25, -0.2) is 9.89 Å². The first kappa shape index (κ1) is 11.6. The fourth-order valence-corrected chi connectivity index (χ4v) is 1.31. The molecule has 92 valence electrons. The molecule has 0 fully saturated rings. The van der Waals surface area contributed by atoms with E-state index in [4.69, 9.17) is 5.73 Å². The molecule has 0 aliphatic carbocycles. The van der Waals surface area contributed by atoms with E-state index in [9.17, 15) is 4.79 Å². The molecule has 2 heterocycles. The number of nitrogens with two attached hydrogens (primary N) is 1. The van der Waals surface area contributed by atoms with Crippen LogP contribution in [0.3, 0.4) is 0 Å². The summed E-state index contributed by atoms with van der Waals surface area (Å²) >= 11 is 0. The quantitative estimate of drug-likeness (QED) is 0.694. The first-order chi connectivity index (χ1) is 7.90. The van der Waals surface area contributed by atoms with Crippen molar-refractivity contribution in [3.8, 4) is 0 Å². The van der Waals surface area contributed by atoms with Crippen molar-refractivity contribution in [3.63, 3.8) is 0 Å². The van der Waals surface area contributed by atoms with E-state index in [1.54, 1.807) is 12.1 Å². The second kappa shape index (κ2) is 3.85. The summed E-state index contributed by atoms with van der Waals surface area (Å²) in [6, 6.07) is 3.42. The number of H-pyrrole nitrogens is 1. The monoisotopic (exact) mass is 236 g/mol. The van der Waals surface area contributed by atoms with Gasteiger partial charge in [0.1, 0.15) is 5.82 Å². The Morgan fingerprint density at radius 3 is 2.88 bits per heavy atom. The molecule has 2 aromatic heterocycles. The molecule has 1 atom stereocenters. The Morgan fingerprint density at radius 2 is 2.24 bits per heavy atom. The number of nitrogens with one attached hydrogen (secondary N) is 2. The Labute approximate surface area is 98.0 Å². The van der Waals surface area contributed by atoms with Crippen molar-refractivity contribution >= 4 is 11.5 Å². The van der Waals surface area contributed by atoms with Crippen molar-refractivity contribution in [2.24, 2.45) is 5.73 Å². The molecule has 7 nitrogen and oxygen atoms in total. The summed E-state index contributed by atoms with van der Waals surface area (Å²) in [5.74, 6) is 0.586. The number of hydrogen-bond acceptors (Lipinski definition) is 5. The number of hydrogen-bond donors (Lipinski definition) is 3. The Hall–Kier alpha value is -1.89. The van der Waals surface area contributed by atoms with Gasteiger partial charge in [0.05, 0.1) is 0 Å². The zero-order valence-corrected chi connectivity index (χ0v) is 10.1. The lowest BCUT2D eigenvalue weighted by Crippen LogP contribution is -2.47. The first-order valence-electron chi connectivity index (χ1n) is 5.38. The minimum Gasteiger partial charge on any atom is -0.362 e. The molecule has 0 saturated carbocycles. The van der Waals surface area contributed by atoms with E-state index in [0.717, 1.165) is 0 Å². The highest BCUT2D eigenvalue weighted by Gasteiger charge is 2.23. The average Bonchev–Trinajstić information content (AvgIpc) is 2.60. The van der Waals surface area contributed by atoms with Gasteiger partial charge in [-0.3, -0.25) is 0 Å². The summed E-state index contributed by atoms with van der Waals surface area (Å²) < 4.78 is 1.21. The maximum atomic E-state index is 11.4. The zero-order valence-electron chi connectivity index (χ0n) is 10.1. The number of fused-ring (bicyclic) bond motifs is 1. The summed E-state index contributed by atoms with van der Waals surface area (Å²) in [7, 11) is 0. The largest absolute Gasteiger partial charge is 0.364 e. The van der Waals surface area contributed by atoms with Crippen LogP contribution in [0.15, 0.2) is 16.9 Å². The van der Waals surface area contributed by atoms with E-state index in [1.807, 2.05) is 20.8 Å². The molecule has 4 N–H and O–H groups in total. The standard InChI is InChI=1S/C10H16N6O/c1-6(11)10(2,3)12-7-4-5-8-13-14-9(17)16(8)15-7/h4-6H,11H2,1-3H3,(H,12,15)(H,14,17). The van der Waals surface area contributed by atoms with E-state index in [-0.39, 0.29) is 17.3 Å². The second-order valence-corrected chi connectivity index (χ2v) is 4.65. The van der Waals surface area contributed by atoms with Gasteiger partial charge in [-0.05, 0) is 32.9 Å². The summed E-state index contributed by atoms with van der Waals surface area (Å²) in [6.45, 7) is 5.86. The minimum atomic E-state index is -0.359. The van der Waals surface area contributed by atoms with Gasteiger partial charge in [0.25, 0.3) is 0 Å². The van der Waals surface area contributed by atoms with Crippen LogP contribution in [0.5, 0.6) is 0 Å². The van der Waals surface area contributed by atoms with Crippen LogP contribution in [-0.2, 0) is 0 Å². The van der Waals surface area contributed by atoms with Crippen molar-refractivity contribution in [1.82, 2.24) is 19.8 Å². The molecule has 0 aromatic carbocycles. The maximum Gasteiger partial charge on any atom is 0.364 e. The fraction of sp³-hybridized carbons (Fsp3) is 0.500. The number of rotatable bonds is 3. The molecular weight excluding hydrogens is 220 g/mol. The average molecular weight is 236 g/mol. The second-order valence-electron chi connectivity index (χ2n) is 4.65. The molecule has 2 rings (SSSR count). The van der Waals surface area contributed by atoms with E-state index in [1.165, 1.54) is 4.52 Å². The third kappa shape index (κ3) is 2.14. The van der Waals surface area contributed by atoms with Gasteiger partial charge in [-0.2, -0.15) is 9.61 Å². The molecule has 17 heavy (non-hydrogen) atoms. The maximum absolute atomic E-state index is 11.4. The van der Waals surface area contributed by atoms with Crippen LogP contribution in [-0.4, -0.2) is 31.4 Å². The van der Waals surface area contributed by atoms with Crippen molar-refractivity contribution in [2.45, 2.75) is 32.4 Å². The smallest absolute Gasteiger partial charge is 0.362 e. The molecule has 0 amide bonds. The third-order valence-corrected chi connectivity index (χ3v) is 2.86. The zero-order chi connectivity index (χ0) is 12.6. The molecule has 0 radical (unpaired) electrons. The number of aromatic nitrogens is 4. The highest BCUT2D eigenvalue weighted by atomic mass is 16.2. The first-order valence-corrected chi connectivity index (χ1v) is 5.38. The lowest BCUT2D eigenvalue weighted by atomic mass is 9.97. The van der Waals surface area contributed by atoms with Gasteiger partial charge in [0.2, 0.25) is 0 Å². The molecule has 0 bridgehead atoms. The summed E-state index contributed by atoms with van der Waals surface area (Å²) in [4.78, 5) is 11.4. The van der Waals surface area contributed by atoms with Crippen LogP contribution >= 0.6 is 0 Å². The van der Waals surface area contributed by atoms with E-state index in [2.05, 4.69) is 20.6 Å². The molecule has 0 aliphatic heterocycles. The lowest BCUT2D eigenvalue weighted by Gasteiger charge is -2.30. The molecule has 1 unspecified atom stereocenters. The van der Waals surface area contributed by atoms with Crippen molar-refractivity contribution in [3.05, 3.63) is 22.6 Å². The van der Waals surface area contributed by atoms with Crippen LogP contribution in [0.25, 0.3) is 5.65 Å². The third-order valence-electron chi connectivity index (χ3n) is 2.86. The van der Waals surface area contributed by atoms with E-state index >= 15 is 0 Å². The van der Waals surface area contributed by atoms with E-state index in [0.29, 0.717) is 11.5 Å². The molecule has 7 heteroatoms. The topological polar surface area (TPSA) is 101 Å². The van der Waals surface area contributed by atoms with Gasteiger partial charge in [-0.1, -0.05) is 0 Å². The summed E-state index contributed by atoms with van der Waals surface area (Å²) in [6.07, 6.45) is 0. The SMILES string of the molecule is CC(N)C(C)(C)Nc1ccc2n[nH]c(=O)n2n1. The van der Waals surface area contributed by atoms with Crippen molar-refractivity contribution in [1.29, 1.82) is 0 Å². The van der Waals surface area contributed by atoms with Crippen molar-refractivity contribution in [2.75, 3.05) is 5.32 Å². The Balaban J connectivity index is 2.37. The van der Waals surface area contributed by atoms with Crippen molar-refractivity contribution < 1.29 is 0 Å². The number of aromatic amines is 1. The van der Waals surface area contributed by atoms with E-state index < -0.39 is 0 Å². The molecule has 0 spiro atoms. The number of nitrogens with zero attached hydrogens (tertiary/aromatic N) is 3. The van der Waals surface area contributed by atoms with Gasteiger partial charge in [0, 0.05) is 11.6 Å². The fourth-order valence-electron chi connectivity index (χ4n) is 1.31. The van der Waals surface area contributed by atoms with Gasteiger partial charge in [-0.15, -0.1) is 5.10 Å². The highest BCUT2D eigenvalue weighted by Crippen LogP contribution is 2.14. The van der Waals surface area contributed by atoms with Gasteiger partial charge >= 0.3 is 5.69 Å². The lowest BCUT2D eigenvalue weighted by molar-refractivity contribution is 0.468. The Kier molecular flexibility index (Phi) is 2.62. The predicted octanol–water partition coefficient (Wildman–Crippen LogP) is -0.0447. The van der Waals surface area contributed by atoms with Crippen LogP contribution in [0.4, 0.5) is 5.82 Å².